The van der Waals surface area contributed by atoms with E-state index < -0.39 is 18.5 Å². The molecular formula is C16H15ClN2O4. The fraction of sp³-hybridized carbons (Fsp3) is 0.188. The summed E-state index contributed by atoms with van der Waals surface area (Å²) >= 11 is 5.97. The largest absolute Gasteiger partial charge is 0.451 e. The molecule has 0 fully saturated rings. The van der Waals surface area contributed by atoms with Gasteiger partial charge in [0.2, 0.25) is 0 Å². The average molecular weight is 335 g/mol. The van der Waals surface area contributed by atoms with Crippen LogP contribution in [0, 0.1) is 0 Å². The Kier molecular flexibility index (Phi) is 5.54. The first-order chi connectivity index (χ1) is 11.0. The number of carbonyl (C=O) groups is 3. The number of H-pyrrole nitrogens is 1. The van der Waals surface area contributed by atoms with E-state index in [1.807, 2.05) is 6.07 Å². The Morgan fingerprint density at radius 1 is 1.26 bits per heavy atom. The lowest BCUT2D eigenvalue weighted by atomic mass is 10.2. The fourth-order valence-electron chi connectivity index (χ4n) is 1.81. The van der Waals surface area contributed by atoms with Crippen molar-refractivity contribution in [1.29, 1.82) is 0 Å². The molecule has 7 heteroatoms. The second kappa shape index (κ2) is 7.60. The number of hydrogen-bond donors (Lipinski definition) is 2. The van der Waals surface area contributed by atoms with Gasteiger partial charge in [-0.05, 0) is 24.6 Å². The first kappa shape index (κ1) is 16.8. The molecule has 0 saturated carbocycles. The van der Waals surface area contributed by atoms with Crippen LogP contribution in [0.4, 0.5) is 0 Å². The maximum Gasteiger partial charge on any atom is 0.355 e. The van der Waals surface area contributed by atoms with E-state index in [1.165, 1.54) is 19.2 Å². The van der Waals surface area contributed by atoms with Crippen LogP contribution in [-0.4, -0.2) is 29.3 Å². The van der Waals surface area contributed by atoms with Crippen molar-refractivity contribution in [3.05, 3.63) is 58.4 Å². The van der Waals surface area contributed by atoms with Crippen LogP contribution in [0.25, 0.3) is 0 Å². The molecule has 0 aliphatic heterocycles. The standard InChI is InChI=1S/C16H15ClN2O4/c1-10(20)12-6-14(18-8-12)16(22)23-9-15(21)19-7-11-4-2-3-5-13(11)17/h2-6,8,18H,7,9H2,1H3,(H,19,21). The third kappa shape index (κ3) is 4.69. The van der Waals surface area contributed by atoms with Crippen molar-refractivity contribution in [2.75, 3.05) is 6.61 Å². The minimum absolute atomic E-state index is 0.120. The summed E-state index contributed by atoms with van der Waals surface area (Å²) < 4.78 is 4.88. The van der Waals surface area contributed by atoms with Gasteiger partial charge in [-0.3, -0.25) is 9.59 Å². The van der Waals surface area contributed by atoms with Crippen LogP contribution in [0.15, 0.2) is 36.5 Å². The molecule has 1 aromatic heterocycles. The van der Waals surface area contributed by atoms with Crippen LogP contribution in [0.1, 0.15) is 33.3 Å². The lowest BCUT2D eigenvalue weighted by Crippen LogP contribution is -2.28. The number of ether oxygens (including phenoxy) is 1. The van der Waals surface area contributed by atoms with Gasteiger partial charge in [-0.25, -0.2) is 4.79 Å². The normalized spacial score (nSPS) is 10.2. The molecule has 2 N–H and O–H groups in total. The Hall–Kier alpha value is -2.60. The summed E-state index contributed by atoms with van der Waals surface area (Å²) in [7, 11) is 0. The molecule has 0 aliphatic carbocycles. The second-order valence-corrected chi connectivity index (χ2v) is 5.21. The zero-order chi connectivity index (χ0) is 16.8. The molecule has 23 heavy (non-hydrogen) atoms. The quantitative estimate of drug-likeness (QED) is 0.627. The third-order valence-electron chi connectivity index (χ3n) is 3.08. The number of halogens is 1. The Labute approximate surface area is 137 Å². The number of hydrogen-bond acceptors (Lipinski definition) is 4. The predicted molar refractivity (Wildman–Crippen MR) is 84.4 cm³/mol. The van der Waals surface area contributed by atoms with Crippen molar-refractivity contribution < 1.29 is 19.1 Å². The summed E-state index contributed by atoms with van der Waals surface area (Å²) in [6, 6.07) is 8.50. The molecule has 1 aromatic carbocycles. The highest BCUT2D eigenvalue weighted by molar-refractivity contribution is 6.31. The number of nitrogens with one attached hydrogen (secondary N) is 2. The van der Waals surface area contributed by atoms with Crippen LogP contribution in [0.5, 0.6) is 0 Å². The molecule has 0 saturated heterocycles. The molecule has 0 aliphatic rings. The van der Waals surface area contributed by atoms with Crippen molar-refractivity contribution in [3.63, 3.8) is 0 Å². The van der Waals surface area contributed by atoms with Gasteiger partial charge in [0.15, 0.2) is 12.4 Å². The van der Waals surface area contributed by atoms with Crippen LogP contribution in [-0.2, 0) is 16.1 Å². The first-order valence-electron chi connectivity index (χ1n) is 6.84. The molecule has 0 unspecified atom stereocenters. The Morgan fingerprint density at radius 2 is 2.00 bits per heavy atom. The average Bonchev–Trinajstić information content (AvgIpc) is 3.02. The minimum Gasteiger partial charge on any atom is -0.451 e. The van der Waals surface area contributed by atoms with Gasteiger partial charge in [0.1, 0.15) is 5.69 Å². The number of rotatable bonds is 6. The number of carbonyl (C=O) groups excluding carboxylic acids is 3. The fourth-order valence-corrected chi connectivity index (χ4v) is 2.01. The number of esters is 1. The minimum atomic E-state index is -0.703. The summed E-state index contributed by atoms with van der Waals surface area (Å²) in [5.74, 6) is -1.32. The van der Waals surface area contributed by atoms with Gasteiger partial charge < -0.3 is 15.0 Å². The van der Waals surface area contributed by atoms with E-state index in [4.69, 9.17) is 16.3 Å². The number of amides is 1. The molecule has 6 nitrogen and oxygen atoms in total. The summed E-state index contributed by atoms with van der Waals surface area (Å²) in [4.78, 5) is 37.2. The van der Waals surface area contributed by atoms with E-state index in [1.54, 1.807) is 18.2 Å². The van der Waals surface area contributed by atoms with E-state index >= 15 is 0 Å². The Bertz CT molecular complexity index is 739. The molecule has 0 bridgehead atoms. The molecule has 0 spiro atoms. The van der Waals surface area contributed by atoms with Crippen molar-refractivity contribution in [1.82, 2.24) is 10.3 Å². The number of ketones is 1. The first-order valence-corrected chi connectivity index (χ1v) is 7.21. The van der Waals surface area contributed by atoms with Gasteiger partial charge in [-0.1, -0.05) is 29.8 Å². The van der Waals surface area contributed by atoms with Gasteiger partial charge in [0.25, 0.3) is 5.91 Å². The number of aromatic amines is 1. The zero-order valence-corrected chi connectivity index (χ0v) is 13.1. The number of aromatic nitrogens is 1. The lowest BCUT2D eigenvalue weighted by Gasteiger charge is -2.07. The zero-order valence-electron chi connectivity index (χ0n) is 12.4. The van der Waals surface area contributed by atoms with E-state index in [9.17, 15) is 14.4 Å². The summed E-state index contributed by atoms with van der Waals surface area (Å²) in [6.45, 7) is 1.21. The molecule has 0 atom stereocenters. The van der Waals surface area contributed by atoms with Gasteiger partial charge >= 0.3 is 5.97 Å². The maximum atomic E-state index is 11.7. The molecular weight excluding hydrogens is 320 g/mol. The van der Waals surface area contributed by atoms with Gasteiger partial charge in [-0.15, -0.1) is 0 Å². The lowest BCUT2D eigenvalue weighted by molar-refractivity contribution is -0.124. The van der Waals surface area contributed by atoms with Crippen molar-refractivity contribution in [3.8, 4) is 0 Å². The van der Waals surface area contributed by atoms with Gasteiger partial charge in [-0.2, -0.15) is 0 Å². The van der Waals surface area contributed by atoms with Crippen molar-refractivity contribution >= 4 is 29.3 Å². The van der Waals surface area contributed by atoms with Crippen LogP contribution >= 0.6 is 11.6 Å². The smallest absolute Gasteiger partial charge is 0.355 e. The highest BCUT2D eigenvalue weighted by Crippen LogP contribution is 2.14. The molecule has 120 valence electrons. The molecule has 1 amide bonds. The summed E-state index contributed by atoms with van der Waals surface area (Å²) in [6.07, 6.45) is 1.41. The van der Waals surface area contributed by atoms with Crippen LogP contribution in [0.3, 0.4) is 0 Å². The van der Waals surface area contributed by atoms with E-state index in [2.05, 4.69) is 10.3 Å². The summed E-state index contributed by atoms with van der Waals surface area (Å²) in [5.41, 5.74) is 1.26. The van der Waals surface area contributed by atoms with Crippen LogP contribution < -0.4 is 5.32 Å². The van der Waals surface area contributed by atoms with Crippen molar-refractivity contribution in [2.45, 2.75) is 13.5 Å². The summed E-state index contributed by atoms with van der Waals surface area (Å²) in [5, 5.41) is 3.15. The van der Waals surface area contributed by atoms with E-state index in [0.29, 0.717) is 10.6 Å². The topological polar surface area (TPSA) is 88.3 Å². The highest BCUT2D eigenvalue weighted by Gasteiger charge is 2.13. The molecule has 0 radical (unpaired) electrons. The Morgan fingerprint density at radius 3 is 2.65 bits per heavy atom. The predicted octanol–water partition coefficient (Wildman–Crippen LogP) is 2.34. The number of benzene rings is 1. The number of Topliss-reactive ketones (excluding diaryl/α,β-unsaturated/α-hetero) is 1. The Balaban J connectivity index is 1.80. The van der Waals surface area contributed by atoms with Crippen molar-refractivity contribution in [2.24, 2.45) is 0 Å². The monoisotopic (exact) mass is 334 g/mol. The van der Waals surface area contributed by atoms with Crippen LogP contribution in [0.2, 0.25) is 5.02 Å². The maximum absolute atomic E-state index is 11.7. The second-order valence-electron chi connectivity index (χ2n) is 4.80. The van der Waals surface area contributed by atoms with E-state index in [0.717, 1.165) is 5.56 Å². The molecule has 2 aromatic rings. The molecule has 2 rings (SSSR count). The van der Waals surface area contributed by atoms with Gasteiger partial charge in [0, 0.05) is 23.3 Å². The van der Waals surface area contributed by atoms with Gasteiger partial charge in [0.05, 0.1) is 0 Å². The molecule has 1 heterocycles. The van der Waals surface area contributed by atoms with E-state index in [-0.39, 0.29) is 18.0 Å². The third-order valence-corrected chi connectivity index (χ3v) is 3.45. The highest BCUT2D eigenvalue weighted by atomic mass is 35.5. The SMILES string of the molecule is CC(=O)c1c[nH]c(C(=O)OCC(=O)NCc2ccccc2Cl)c1.